The smallest absolute Gasteiger partial charge is 0.132 e. The number of hydrogen-bond donors (Lipinski definition) is 0. The Morgan fingerprint density at radius 3 is 2.79 bits per heavy atom. The molecule has 2 heteroatoms. The maximum Gasteiger partial charge on any atom is 0.132 e. The molecule has 0 radical (unpaired) electrons. The lowest BCUT2D eigenvalue weighted by Crippen LogP contribution is -1.91. The minimum atomic E-state index is 0.681. The van der Waals surface area contributed by atoms with Gasteiger partial charge in [0, 0.05) is 5.39 Å². The molecule has 0 atom stereocenters. The second kappa shape index (κ2) is 5.92. The van der Waals surface area contributed by atoms with Crippen LogP contribution in [0.5, 0.6) is 0 Å². The molecule has 0 aliphatic heterocycles. The summed E-state index contributed by atoms with van der Waals surface area (Å²) < 4.78 is 0. The van der Waals surface area contributed by atoms with Crippen LogP contribution in [0.2, 0.25) is 5.15 Å². The summed E-state index contributed by atoms with van der Waals surface area (Å²) in [6, 6.07) is 10.4. The first-order chi connectivity index (χ1) is 9.33. The number of unbranched alkanes of at least 4 members (excludes halogenated alkanes) is 2. The van der Waals surface area contributed by atoms with E-state index < -0.39 is 0 Å². The van der Waals surface area contributed by atoms with Crippen LogP contribution < -0.4 is 0 Å². The third-order valence-corrected chi connectivity index (χ3v) is 4.33. The number of para-hydroxylation sites is 1. The van der Waals surface area contributed by atoms with Crippen LogP contribution in [0, 0.1) is 5.92 Å². The van der Waals surface area contributed by atoms with Crippen LogP contribution in [0.1, 0.15) is 44.1 Å². The predicted octanol–water partition coefficient (Wildman–Crippen LogP) is 5.40. The van der Waals surface area contributed by atoms with Gasteiger partial charge in [-0.05, 0) is 36.5 Å². The summed E-state index contributed by atoms with van der Waals surface area (Å²) in [5.41, 5.74) is 2.19. The van der Waals surface area contributed by atoms with Crippen LogP contribution >= 0.6 is 11.6 Å². The van der Waals surface area contributed by atoms with E-state index in [-0.39, 0.29) is 0 Å². The maximum atomic E-state index is 6.27. The molecule has 3 rings (SSSR count). The Labute approximate surface area is 120 Å². The van der Waals surface area contributed by atoms with Crippen molar-refractivity contribution in [3.05, 3.63) is 41.0 Å². The Kier molecular flexibility index (Phi) is 4.03. The molecule has 1 fully saturated rings. The molecule has 1 nitrogen and oxygen atoms in total. The lowest BCUT2D eigenvalue weighted by molar-refractivity contribution is 0.603. The largest absolute Gasteiger partial charge is 0.236 e. The number of rotatable bonds is 6. The van der Waals surface area contributed by atoms with Crippen molar-refractivity contribution >= 4 is 22.5 Å². The van der Waals surface area contributed by atoms with Gasteiger partial charge in [-0.3, -0.25) is 0 Å². The van der Waals surface area contributed by atoms with Crippen molar-refractivity contribution in [3.63, 3.8) is 0 Å². The molecule has 0 unspecified atom stereocenters. The van der Waals surface area contributed by atoms with Crippen molar-refractivity contribution in [2.45, 2.75) is 44.9 Å². The van der Waals surface area contributed by atoms with E-state index in [1.165, 1.54) is 49.5 Å². The average Bonchev–Trinajstić information content (AvgIpc) is 3.23. The summed E-state index contributed by atoms with van der Waals surface area (Å²) in [5, 5.41) is 1.88. The SMILES string of the molecule is Clc1nc2ccccc2cc1CCCCCC1CC1. The first kappa shape index (κ1) is 12.9. The molecule has 0 spiro atoms. The zero-order valence-corrected chi connectivity index (χ0v) is 12.0. The molecule has 19 heavy (non-hydrogen) atoms. The molecule has 0 amide bonds. The number of benzene rings is 1. The fraction of sp³-hybridized carbons (Fsp3) is 0.471. The molecule has 1 saturated carbocycles. The highest BCUT2D eigenvalue weighted by Crippen LogP contribution is 2.34. The van der Waals surface area contributed by atoms with Gasteiger partial charge in [0.15, 0.2) is 0 Å². The van der Waals surface area contributed by atoms with E-state index in [1.54, 1.807) is 0 Å². The van der Waals surface area contributed by atoms with Crippen molar-refractivity contribution < 1.29 is 0 Å². The number of pyridine rings is 1. The lowest BCUT2D eigenvalue weighted by Gasteiger charge is -2.06. The van der Waals surface area contributed by atoms with Gasteiger partial charge in [0.25, 0.3) is 0 Å². The zero-order chi connectivity index (χ0) is 13.1. The van der Waals surface area contributed by atoms with Crippen molar-refractivity contribution in [1.82, 2.24) is 4.98 Å². The highest BCUT2D eigenvalue weighted by atomic mass is 35.5. The van der Waals surface area contributed by atoms with Crippen LogP contribution in [-0.4, -0.2) is 4.98 Å². The first-order valence-corrected chi connectivity index (χ1v) is 7.75. The Hall–Kier alpha value is -1.08. The summed E-state index contributed by atoms with van der Waals surface area (Å²) in [4.78, 5) is 4.48. The third kappa shape index (κ3) is 3.48. The van der Waals surface area contributed by atoms with Crippen LogP contribution in [0.25, 0.3) is 10.9 Å². The van der Waals surface area contributed by atoms with Crippen molar-refractivity contribution in [2.24, 2.45) is 5.92 Å². The van der Waals surface area contributed by atoms with E-state index in [0.29, 0.717) is 5.15 Å². The molecule has 1 aromatic carbocycles. The molecule has 0 N–H and O–H groups in total. The van der Waals surface area contributed by atoms with Crippen LogP contribution in [0.4, 0.5) is 0 Å². The molecule has 1 aliphatic rings. The zero-order valence-electron chi connectivity index (χ0n) is 11.2. The Morgan fingerprint density at radius 1 is 1.11 bits per heavy atom. The fourth-order valence-electron chi connectivity index (χ4n) is 2.64. The number of nitrogens with zero attached hydrogens (tertiary/aromatic N) is 1. The number of aryl methyl sites for hydroxylation is 1. The normalized spacial score (nSPS) is 15.0. The van der Waals surface area contributed by atoms with E-state index in [2.05, 4.69) is 23.2 Å². The van der Waals surface area contributed by atoms with Gasteiger partial charge in [0.05, 0.1) is 5.52 Å². The van der Waals surface area contributed by atoms with E-state index in [0.717, 1.165) is 17.9 Å². The highest BCUT2D eigenvalue weighted by molar-refractivity contribution is 6.30. The van der Waals surface area contributed by atoms with Gasteiger partial charge in [-0.2, -0.15) is 0 Å². The summed E-state index contributed by atoms with van der Waals surface area (Å²) in [6.45, 7) is 0. The molecule has 1 aromatic heterocycles. The summed E-state index contributed by atoms with van der Waals surface area (Å²) >= 11 is 6.27. The third-order valence-electron chi connectivity index (χ3n) is 4.01. The molecule has 1 heterocycles. The number of fused-ring (bicyclic) bond motifs is 1. The van der Waals surface area contributed by atoms with Crippen LogP contribution in [0.3, 0.4) is 0 Å². The minimum absolute atomic E-state index is 0.681. The van der Waals surface area contributed by atoms with Crippen molar-refractivity contribution in [3.8, 4) is 0 Å². The second-order valence-electron chi connectivity index (χ2n) is 5.67. The molecule has 1 aliphatic carbocycles. The Bertz CT molecular complexity index is 560. The standard InChI is InChI=1S/C17H20ClN/c18-17-15(8-3-1-2-6-13-10-11-13)12-14-7-4-5-9-16(14)19-17/h4-5,7,9,12-13H,1-3,6,8,10-11H2. The van der Waals surface area contributed by atoms with Crippen molar-refractivity contribution in [1.29, 1.82) is 0 Å². The molecule has 0 bridgehead atoms. The summed E-state index contributed by atoms with van der Waals surface area (Å²) in [6.07, 6.45) is 9.36. The van der Waals surface area contributed by atoms with Gasteiger partial charge in [-0.25, -0.2) is 4.98 Å². The lowest BCUT2D eigenvalue weighted by atomic mass is 10.0. The number of halogens is 1. The van der Waals surface area contributed by atoms with Gasteiger partial charge in [-0.15, -0.1) is 0 Å². The van der Waals surface area contributed by atoms with Crippen LogP contribution in [0.15, 0.2) is 30.3 Å². The topological polar surface area (TPSA) is 12.9 Å². The average molecular weight is 274 g/mol. The van der Waals surface area contributed by atoms with Gasteiger partial charge in [-0.1, -0.05) is 61.9 Å². The first-order valence-electron chi connectivity index (χ1n) is 7.37. The molecule has 100 valence electrons. The molecule has 2 aromatic rings. The number of aromatic nitrogens is 1. The molecular weight excluding hydrogens is 254 g/mol. The van der Waals surface area contributed by atoms with Gasteiger partial charge in [0.1, 0.15) is 5.15 Å². The minimum Gasteiger partial charge on any atom is -0.236 e. The Morgan fingerprint density at radius 2 is 1.95 bits per heavy atom. The highest BCUT2D eigenvalue weighted by Gasteiger charge is 2.19. The van der Waals surface area contributed by atoms with E-state index >= 15 is 0 Å². The summed E-state index contributed by atoms with van der Waals surface area (Å²) in [5.74, 6) is 1.06. The van der Waals surface area contributed by atoms with Gasteiger partial charge in [0.2, 0.25) is 0 Å². The van der Waals surface area contributed by atoms with Gasteiger partial charge < -0.3 is 0 Å². The predicted molar refractivity (Wildman–Crippen MR) is 81.6 cm³/mol. The number of hydrogen-bond acceptors (Lipinski definition) is 1. The monoisotopic (exact) mass is 273 g/mol. The molecular formula is C17H20ClN. The fourth-order valence-corrected chi connectivity index (χ4v) is 2.88. The Balaban J connectivity index is 1.58. The molecule has 0 saturated heterocycles. The van der Waals surface area contributed by atoms with Crippen molar-refractivity contribution in [2.75, 3.05) is 0 Å². The van der Waals surface area contributed by atoms with E-state index in [1.807, 2.05) is 12.1 Å². The summed E-state index contributed by atoms with van der Waals surface area (Å²) in [7, 11) is 0. The van der Waals surface area contributed by atoms with Gasteiger partial charge >= 0.3 is 0 Å². The van der Waals surface area contributed by atoms with E-state index in [9.17, 15) is 0 Å². The maximum absolute atomic E-state index is 6.27. The quantitative estimate of drug-likeness (QED) is 0.507. The second-order valence-corrected chi connectivity index (χ2v) is 6.03. The van der Waals surface area contributed by atoms with Crippen LogP contribution in [-0.2, 0) is 6.42 Å². The van der Waals surface area contributed by atoms with E-state index in [4.69, 9.17) is 11.6 Å².